The molecule has 2 N–H and O–H groups in total. The second-order valence-electron chi connectivity index (χ2n) is 7.82. The fraction of sp³-hybridized carbons (Fsp3) is 0.409. The van der Waals surface area contributed by atoms with Gasteiger partial charge < -0.3 is 15.2 Å². The van der Waals surface area contributed by atoms with Crippen LogP contribution in [0.15, 0.2) is 29.6 Å². The highest BCUT2D eigenvalue weighted by Crippen LogP contribution is 2.65. The molecule has 4 rings (SSSR count). The van der Waals surface area contributed by atoms with Crippen LogP contribution >= 0.6 is 11.8 Å². The van der Waals surface area contributed by atoms with Gasteiger partial charge in [-0.25, -0.2) is 15.0 Å². The number of carbonyl (C=O) groups excluding carboxylic acids is 1. The van der Waals surface area contributed by atoms with Gasteiger partial charge in [0.15, 0.2) is 17.6 Å². The van der Waals surface area contributed by atoms with Crippen molar-refractivity contribution in [1.29, 1.82) is 0 Å². The first-order chi connectivity index (χ1) is 16.5. The van der Waals surface area contributed by atoms with Crippen molar-refractivity contribution in [3.8, 4) is 18.2 Å². The molecule has 1 aliphatic heterocycles. The van der Waals surface area contributed by atoms with Gasteiger partial charge in [-0.15, -0.1) is 6.42 Å². The number of ether oxygens (including phenoxy) is 2. The van der Waals surface area contributed by atoms with Crippen molar-refractivity contribution in [3.63, 3.8) is 0 Å². The summed E-state index contributed by atoms with van der Waals surface area (Å²) in [6, 6.07) is 1.54. The summed E-state index contributed by atoms with van der Waals surface area (Å²) < 4.78 is 46.5. The number of amidine groups is 1. The third-order valence-corrected chi connectivity index (χ3v) is 6.97. The van der Waals surface area contributed by atoms with Gasteiger partial charge in [-0.05, 0) is 25.0 Å². The average molecular weight is 459 g/mol. The SMILES string of the molecule is [2H]C([2H])([2H])OC[C@]12C[C@H]1[C@@](C)(c1cc(CC(=O)c3cnc(OCC#C)cn3)cnc1F)N=C(N)S2. The number of rotatable bonds is 8. The second-order valence-corrected chi connectivity index (χ2v) is 9.26. The highest BCUT2D eigenvalue weighted by molar-refractivity contribution is 8.15. The van der Waals surface area contributed by atoms with Crippen molar-refractivity contribution in [2.24, 2.45) is 16.6 Å². The highest BCUT2D eigenvalue weighted by Gasteiger charge is 2.66. The molecule has 32 heavy (non-hydrogen) atoms. The summed E-state index contributed by atoms with van der Waals surface area (Å²) in [6.45, 7) is 1.69. The van der Waals surface area contributed by atoms with E-state index >= 15 is 0 Å². The summed E-state index contributed by atoms with van der Waals surface area (Å²) in [5.41, 5.74) is 5.70. The number of ketones is 1. The van der Waals surface area contributed by atoms with Crippen molar-refractivity contribution in [1.82, 2.24) is 15.0 Å². The Morgan fingerprint density at radius 1 is 1.44 bits per heavy atom. The van der Waals surface area contributed by atoms with Crippen molar-refractivity contribution >= 4 is 22.7 Å². The largest absolute Gasteiger partial charge is 0.463 e. The van der Waals surface area contributed by atoms with Gasteiger partial charge in [-0.3, -0.25) is 9.79 Å². The Morgan fingerprint density at radius 2 is 2.28 bits per heavy atom. The average Bonchev–Trinajstić information content (AvgIpc) is 3.53. The minimum atomic E-state index is -2.55. The minimum Gasteiger partial charge on any atom is -0.463 e. The van der Waals surface area contributed by atoms with Crippen molar-refractivity contribution < 1.29 is 22.8 Å². The number of methoxy groups -OCH3 is 1. The number of pyridine rings is 1. The molecule has 166 valence electrons. The number of fused-ring (bicyclic) bond motifs is 1. The molecule has 0 spiro atoms. The maximum Gasteiger partial charge on any atom is 0.233 e. The van der Waals surface area contributed by atoms with E-state index in [0.717, 1.165) is 0 Å². The predicted molar refractivity (Wildman–Crippen MR) is 118 cm³/mol. The summed E-state index contributed by atoms with van der Waals surface area (Å²) in [4.78, 5) is 29.1. The van der Waals surface area contributed by atoms with E-state index in [1.807, 2.05) is 0 Å². The van der Waals surface area contributed by atoms with Crippen molar-refractivity contribution in [3.05, 3.63) is 47.4 Å². The molecule has 2 aromatic heterocycles. The quantitative estimate of drug-likeness (QED) is 0.364. The third-order valence-electron chi connectivity index (χ3n) is 5.69. The monoisotopic (exact) mass is 458 g/mol. The molecule has 0 aromatic carbocycles. The van der Waals surface area contributed by atoms with Gasteiger partial charge in [0.05, 0.1) is 33.4 Å². The molecule has 2 aromatic rings. The van der Waals surface area contributed by atoms with Gasteiger partial charge in [0.25, 0.3) is 0 Å². The number of aromatic nitrogens is 3. The normalized spacial score (nSPS) is 27.7. The topological polar surface area (TPSA) is 113 Å². The van der Waals surface area contributed by atoms with E-state index in [-0.39, 0.29) is 53.6 Å². The number of hydrogen-bond donors (Lipinski definition) is 1. The van der Waals surface area contributed by atoms with E-state index in [1.165, 1.54) is 30.4 Å². The van der Waals surface area contributed by atoms with Crippen LogP contribution in [0.1, 0.15) is 39.1 Å². The number of halogens is 1. The second kappa shape index (κ2) is 8.48. The Kier molecular flexibility index (Phi) is 4.91. The smallest absolute Gasteiger partial charge is 0.233 e. The Hall–Kier alpha value is -3.03. The van der Waals surface area contributed by atoms with E-state index in [9.17, 15) is 9.18 Å². The number of nitrogens with two attached hydrogens (primary N) is 1. The molecule has 0 radical (unpaired) electrons. The van der Waals surface area contributed by atoms with Crippen LogP contribution in [0.2, 0.25) is 0 Å². The molecule has 3 atom stereocenters. The van der Waals surface area contributed by atoms with Crippen LogP contribution < -0.4 is 10.5 Å². The molecular formula is C22H22FN5O3S. The van der Waals surface area contributed by atoms with E-state index in [1.54, 1.807) is 13.0 Å². The lowest BCUT2D eigenvalue weighted by atomic mass is 9.86. The maximum atomic E-state index is 14.9. The van der Waals surface area contributed by atoms with Crippen molar-refractivity contribution in [2.45, 2.75) is 30.1 Å². The predicted octanol–water partition coefficient (Wildman–Crippen LogP) is 2.13. The van der Waals surface area contributed by atoms with E-state index in [2.05, 4.69) is 25.9 Å². The molecule has 8 nitrogen and oxygen atoms in total. The summed E-state index contributed by atoms with van der Waals surface area (Å²) in [5, 5.41) is 0.207. The van der Waals surface area contributed by atoms with Crippen LogP contribution in [-0.2, 0) is 16.7 Å². The molecule has 1 saturated carbocycles. The number of Topliss-reactive ketones (excluding diaryl/α,β-unsaturated/α-hetero) is 1. The third kappa shape index (κ3) is 4.06. The lowest BCUT2D eigenvalue weighted by Gasteiger charge is -2.33. The Morgan fingerprint density at radius 3 is 3.00 bits per heavy atom. The van der Waals surface area contributed by atoms with Gasteiger partial charge >= 0.3 is 0 Å². The Balaban J connectivity index is 1.55. The number of terminal acetylenes is 1. The number of nitrogens with zero attached hydrogens (tertiary/aromatic N) is 4. The summed E-state index contributed by atoms with van der Waals surface area (Å²) in [6.07, 6.45) is 9.43. The number of hydrogen-bond acceptors (Lipinski definition) is 9. The summed E-state index contributed by atoms with van der Waals surface area (Å²) in [5.74, 6) is 1.19. The first-order valence-corrected chi connectivity index (χ1v) is 10.5. The summed E-state index contributed by atoms with van der Waals surface area (Å²) in [7, 11) is -2.55. The van der Waals surface area contributed by atoms with Gasteiger partial charge in [-0.2, -0.15) is 4.39 Å². The highest BCUT2D eigenvalue weighted by atomic mass is 32.2. The lowest BCUT2D eigenvalue weighted by Crippen LogP contribution is -2.38. The zero-order valence-electron chi connectivity index (χ0n) is 20.2. The van der Waals surface area contributed by atoms with Gasteiger partial charge in [0.2, 0.25) is 11.8 Å². The first-order valence-electron chi connectivity index (χ1n) is 11.2. The Labute approximate surface area is 193 Å². The molecule has 0 unspecified atom stereocenters. The van der Waals surface area contributed by atoms with Crippen LogP contribution in [-0.4, -0.2) is 50.9 Å². The molecule has 2 aliphatic rings. The van der Waals surface area contributed by atoms with Crippen LogP contribution in [0.3, 0.4) is 0 Å². The first kappa shape index (κ1) is 18.5. The van der Waals surface area contributed by atoms with Gasteiger partial charge in [-0.1, -0.05) is 17.7 Å². The van der Waals surface area contributed by atoms with E-state index < -0.39 is 23.3 Å². The van der Waals surface area contributed by atoms with E-state index in [0.29, 0.717) is 12.0 Å². The van der Waals surface area contributed by atoms with Crippen molar-refractivity contribution in [2.75, 3.05) is 20.3 Å². The molecule has 3 heterocycles. The van der Waals surface area contributed by atoms with Gasteiger partial charge in [0, 0.05) is 31.1 Å². The molecule has 1 aliphatic carbocycles. The number of thioether (sulfide) groups is 1. The minimum absolute atomic E-state index is 0.0287. The maximum absolute atomic E-state index is 14.9. The number of aliphatic imine (C=N–C) groups is 1. The standard InChI is InChI=1S/C22H22FN5O3S/c1-4-5-31-18-11-25-15(10-26-18)16(29)7-13-6-14(19(23)27-9-13)21(2)17-8-22(17,12-30-3)32-20(24)28-21/h1,6,9-11,17H,5,7-8,12H2,2-3H3,(H2,24,28)/t17-,21+,22+/m0/s1/i3D3. The lowest BCUT2D eigenvalue weighted by molar-refractivity contribution is 0.0987. The number of carbonyl (C=O) groups is 1. The van der Waals surface area contributed by atoms with Crippen LogP contribution in [0.4, 0.5) is 4.39 Å². The molecule has 0 amide bonds. The van der Waals surface area contributed by atoms with E-state index in [4.69, 9.17) is 25.7 Å². The van der Waals surface area contributed by atoms with Gasteiger partial charge in [0.1, 0.15) is 5.69 Å². The fourth-order valence-electron chi connectivity index (χ4n) is 4.08. The molecule has 0 saturated heterocycles. The van der Waals surface area contributed by atoms with Crippen LogP contribution in [0.25, 0.3) is 0 Å². The molecule has 0 bridgehead atoms. The fourth-order valence-corrected chi connectivity index (χ4v) is 5.47. The molecule has 1 fully saturated rings. The molecular weight excluding hydrogens is 433 g/mol. The van der Waals surface area contributed by atoms with Crippen LogP contribution in [0, 0.1) is 24.2 Å². The van der Waals surface area contributed by atoms with Crippen LogP contribution in [0.5, 0.6) is 5.88 Å². The summed E-state index contributed by atoms with van der Waals surface area (Å²) >= 11 is 1.24. The zero-order valence-corrected chi connectivity index (χ0v) is 18.0. The zero-order chi connectivity index (χ0) is 25.4. The Bertz CT molecular complexity index is 1220. The molecule has 10 heteroatoms.